The van der Waals surface area contributed by atoms with Gasteiger partial charge in [0.05, 0.1) is 0 Å². The maximum absolute atomic E-state index is 4.22. The summed E-state index contributed by atoms with van der Waals surface area (Å²) in [5, 5.41) is 6.24. The van der Waals surface area contributed by atoms with Gasteiger partial charge in [-0.2, -0.15) is 0 Å². The highest BCUT2D eigenvalue weighted by atomic mass is 15.2. The van der Waals surface area contributed by atoms with E-state index in [0.717, 1.165) is 12.0 Å². The molecule has 4 rings (SSSR count). The summed E-state index contributed by atoms with van der Waals surface area (Å²) in [7, 11) is 0. The molecule has 0 spiro atoms. The number of fused-ring (bicyclic) bond motifs is 1. The second kappa shape index (κ2) is 5.06. The van der Waals surface area contributed by atoms with Crippen LogP contribution in [-0.2, 0) is 0 Å². The number of nitrogens with zero attached hydrogens (tertiary/aromatic N) is 2. The summed E-state index contributed by atoms with van der Waals surface area (Å²) in [4.78, 5) is 6.77. The van der Waals surface area contributed by atoms with Crippen LogP contribution >= 0.6 is 0 Å². The number of nitrogens with one attached hydrogen (secondary N) is 1. The first-order valence-electron chi connectivity index (χ1n) is 7.71. The van der Waals surface area contributed by atoms with Crippen molar-refractivity contribution in [2.75, 3.05) is 24.5 Å². The van der Waals surface area contributed by atoms with Crippen LogP contribution in [0.3, 0.4) is 0 Å². The molecule has 1 aromatic heterocycles. The summed E-state index contributed by atoms with van der Waals surface area (Å²) in [5.74, 6) is 0.799. The van der Waals surface area contributed by atoms with Crippen LogP contribution in [0.15, 0.2) is 36.7 Å². The Morgan fingerprint density at radius 2 is 2.15 bits per heavy atom. The fourth-order valence-electron chi connectivity index (χ4n) is 3.22. The Bertz CT molecular complexity index is 601. The first-order chi connectivity index (χ1) is 9.90. The second-order valence-electron chi connectivity index (χ2n) is 6.16. The minimum atomic E-state index is 0.799. The van der Waals surface area contributed by atoms with E-state index in [1.54, 1.807) is 0 Å². The van der Waals surface area contributed by atoms with E-state index >= 15 is 0 Å². The zero-order valence-electron chi connectivity index (χ0n) is 11.8. The molecular weight excluding hydrogens is 246 g/mol. The molecule has 2 fully saturated rings. The number of pyridine rings is 1. The molecule has 1 saturated carbocycles. The van der Waals surface area contributed by atoms with Gasteiger partial charge >= 0.3 is 0 Å². The van der Waals surface area contributed by atoms with Crippen molar-refractivity contribution >= 4 is 16.5 Å². The summed E-state index contributed by atoms with van der Waals surface area (Å²) in [6.45, 7) is 3.55. The Morgan fingerprint density at radius 1 is 1.20 bits per heavy atom. The summed E-state index contributed by atoms with van der Waals surface area (Å²) in [6, 6.07) is 9.51. The number of aromatic nitrogens is 1. The average molecular weight is 267 g/mol. The van der Waals surface area contributed by atoms with Gasteiger partial charge in [-0.25, -0.2) is 0 Å². The number of rotatable bonds is 4. The van der Waals surface area contributed by atoms with Crippen LogP contribution in [-0.4, -0.2) is 30.7 Å². The molecule has 1 N–H and O–H groups in total. The summed E-state index contributed by atoms with van der Waals surface area (Å²) in [5.41, 5.74) is 1.37. The van der Waals surface area contributed by atoms with E-state index in [4.69, 9.17) is 0 Å². The molecule has 1 saturated heterocycles. The number of benzene rings is 1. The average Bonchev–Trinajstić information content (AvgIpc) is 3.21. The second-order valence-corrected chi connectivity index (χ2v) is 6.16. The highest BCUT2D eigenvalue weighted by Gasteiger charge is 2.26. The van der Waals surface area contributed by atoms with Gasteiger partial charge in [-0.05, 0) is 43.9 Å². The number of anilines is 1. The quantitative estimate of drug-likeness (QED) is 0.923. The Morgan fingerprint density at radius 3 is 3.05 bits per heavy atom. The molecule has 2 heterocycles. The summed E-state index contributed by atoms with van der Waals surface area (Å²) < 4.78 is 0. The van der Waals surface area contributed by atoms with Crippen molar-refractivity contribution < 1.29 is 0 Å². The van der Waals surface area contributed by atoms with Gasteiger partial charge in [0, 0.05) is 48.0 Å². The first-order valence-corrected chi connectivity index (χ1v) is 7.71. The molecule has 0 bridgehead atoms. The third-order valence-electron chi connectivity index (χ3n) is 4.56. The van der Waals surface area contributed by atoms with E-state index in [2.05, 4.69) is 39.5 Å². The predicted octanol–water partition coefficient (Wildman–Crippen LogP) is 2.81. The smallest absolute Gasteiger partial charge is 0.0447 e. The van der Waals surface area contributed by atoms with Crippen LogP contribution in [0.2, 0.25) is 0 Å². The predicted molar refractivity (Wildman–Crippen MR) is 83.1 cm³/mol. The fourth-order valence-corrected chi connectivity index (χ4v) is 3.22. The Labute approximate surface area is 120 Å². The first kappa shape index (κ1) is 12.2. The lowest BCUT2D eigenvalue weighted by Gasteiger charge is -2.21. The third kappa shape index (κ3) is 2.38. The zero-order valence-corrected chi connectivity index (χ0v) is 11.8. The molecule has 3 nitrogen and oxygen atoms in total. The summed E-state index contributed by atoms with van der Waals surface area (Å²) >= 11 is 0. The van der Waals surface area contributed by atoms with Crippen molar-refractivity contribution in [2.24, 2.45) is 5.92 Å². The van der Waals surface area contributed by atoms with Gasteiger partial charge in [0.15, 0.2) is 0 Å². The minimum Gasteiger partial charge on any atom is -0.371 e. The molecule has 1 aliphatic carbocycles. The van der Waals surface area contributed by atoms with Gasteiger partial charge in [0.1, 0.15) is 0 Å². The van der Waals surface area contributed by atoms with Crippen LogP contribution in [0.1, 0.15) is 19.3 Å². The molecule has 1 atom stereocenters. The lowest BCUT2D eigenvalue weighted by molar-refractivity contribution is 0.515. The van der Waals surface area contributed by atoms with E-state index in [1.807, 2.05) is 12.4 Å². The van der Waals surface area contributed by atoms with Crippen molar-refractivity contribution in [3.63, 3.8) is 0 Å². The Kier molecular flexibility index (Phi) is 3.07. The van der Waals surface area contributed by atoms with E-state index in [1.165, 1.54) is 55.4 Å². The molecule has 0 radical (unpaired) electrons. The Balaban J connectivity index is 1.51. The van der Waals surface area contributed by atoms with E-state index in [-0.39, 0.29) is 0 Å². The molecule has 2 aromatic rings. The van der Waals surface area contributed by atoms with Gasteiger partial charge < -0.3 is 10.2 Å². The molecule has 0 amide bonds. The van der Waals surface area contributed by atoms with Gasteiger partial charge in [-0.15, -0.1) is 0 Å². The van der Waals surface area contributed by atoms with Crippen molar-refractivity contribution in [1.29, 1.82) is 0 Å². The van der Waals surface area contributed by atoms with Crippen molar-refractivity contribution in [1.82, 2.24) is 10.3 Å². The monoisotopic (exact) mass is 267 g/mol. The number of hydrogen-bond acceptors (Lipinski definition) is 3. The standard InChI is InChI=1S/C17H21N3/c1-2-14-11-18-8-6-16(14)17(3-1)20-9-7-13(12-20)10-19-15-4-5-15/h1-3,6,8,11,13,15,19H,4-5,7,9-10,12H2. The van der Waals surface area contributed by atoms with Crippen LogP contribution in [0, 0.1) is 5.92 Å². The van der Waals surface area contributed by atoms with Crippen molar-refractivity contribution in [3.8, 4) is 0 Å². The fraction of sp³-hybridized carbons (Fsp3) is 0.471. The lowest BCUT2D eigenvalue weighted by atomic mass is 10.1. The molecular formula is C17H21N3. The zero-order chi connectivity index (χ0) is 13.4. The molecule has 20 heavy (non-hydrogen) atoms. The SMILES string of the molecule is c1cc(N2CCC(CNC3CC3)C2)c2ccncc2c1. The topological polar surface area (TPSA) is 28.2 Å². The van der Waals surface area contributed by atoms with Gasteiger partial charge in [0.25, 0.3) is 0 Å². The van der Waals surface area contributed by atoms with E-state index < -0.39 is 0 Å². The van der Waals surface area contributed by atoms with Gasteiger partial charge in [0.2, 0.25) is 0 Å². The molecule has 3 heteroatoms. The molecule has 1 aromatic carbocycles. The minimum absolute atomic E-state index is 0.799. The highest BCUT2D eigenvalue weighted by molar-refractivity contribution is 5.93. The Hall–Kier alpha value is -1.61. The van der Waals surface area contributed by atoms with Crippen LogP contribution in [0.25, 0.3) is 10.8 Å². The molecule has 104 valence electrons. The maximum atomic E-state index is 4.22. The van der Waals surface area contributed by atoms with Crippen LogP contribution in [0.4, 0.5) is 5.69 Å². The number of hydrogen-bond donors (Lipinski definition) is 1. The van der Waals surface area contributed by atoms with Crippen molar-refractivity contribution in [3.05, 3.63) is 36.7 Å². The maximum Gasteiger partial charge on any atom is 0.0447 e. The van der Waals surface area contributed by atoms with Gasteiger partial charge in [-0.3, -0.25) is 4.98 Å². The largest absolute Gasteiger partial charge is 0.371 e. The van der Waals surface area contributed by atoms with Crippen molar-refractivity contribution in [2.45, 2.75) is 25.3 Å². The molecule has 1 aliphatic heterocycles. The van der Waals surface area contributed by atoms with Gasteiger partial charge in [-0.1, -0.05) is 12.1 Å². The van der Waals surface area contributed by atoms with Crippen LogP contribution < -0.4 is 10.2 Å². The lowest BCUT2D eigenvalue weighted by Crippen LogP contribution is -2.27. The van der Waals surface area contributed by atoms with E-state index in [9.17, 15) is 0 Å². The molecule has 2 aliphatic rings. The van der Waals surface area contributed by atoms with E-state index in [0.29, 0.717) is 0 Å². The third-order valence-corrected chi connectivity index (χ3v) is 4.56. The highest BCUT2D eigenvalue weighted by Crippen LogP contribution is 2.30. The normalized spacial score (nSPS) is 22.6. The van der Waals surface area contributed by atoms with Crippen LogP contribution in [0.5, 0.6) is 0 Å². The molecule has 1 unspecified atom stereocenters. The summed E-state index contributed by atoms with van der Waals surface area (Å²) in [6.07, 6.45) is 7.93.